The molecule has 0 aromatic heterocycles. The number of hydrogen-bond donors (Lipinski definition) is 1. The molecule has 0 aliphatic carbocycles. The van der Waals surface area contributed by atoms with Gasteiger partial charge in [0.25, 0.3) is 11.8 Å². The summed E-state index contributed by atoms with van der Waals surface area (Å²) in [5.74, 6) is -0.134. The van der Waals surface area contributed by atoms with Crippen LogP contribution in [-0.4, -0.2) is 18.4 Å². The average Bonchev–Trinajstić information content (AvgIpc) is 3.02. The van der Waals surface area contributed by atoms with E-state index in [1.54, 1.807) is 48.5 Å². The van der Waals surface area contributed by atoms with E-state index in [4.69, 9.17) is 16.3 Å². The van der Waals surface area contributed by atoms with Gasteiger partial charge in [0.2, 0.25) is 0 Å². The van der Waals surface area contributed by atoms with Gasteiger partial charge in [-0.25, -0.2) is 4.90 Å². The van der Waals surface area contributed by atoms with Gasteiger partial charge in [-0.15, -0.1) is 0 Å². The van der Waals surface area contributed by atoms with Gasteiger partial charge in [0, 0.05) is 10.7 Å². The number of ether oxygens (including phenoxy) is 1. The fraction of sp³-hybridized carbons (Fsp3) is 0.154. The van der Waals surface area contributed by atoms with Crippen molar-refractivity contribution in [1.82, 2.24) is 0 Å². The number of imide groups is 1. The zero-order valence-electron chi connectivity index (χ0n) is 18.1. The van der Waals surface area contributed by atoms with E-state index in [-0.39, 0.29) is 5.70 Å². The molecule has 6 heteroatoms. The van der Waals surface area contributed by atoms with Crippen molar-refractivity contribution in [2.75, 3.05) is 16.8 Å². The molecule has 1 N–H and O–H groups in total. The van der Waals surface area contributed by atoms with Crippen LogP contribution in [0.4, 0.5) is 11.4 Å². The number of amides is 2. The van der Waals surface area contributed by atoms with Crippen molar-refractivity contribution in [2.24, 2.45) is 0 Å². The molecule has 0 bridgehead atoms. The molecule has 1 aliphatic rings. The van der Waals surface area contributed by atoms with E-state index in [1.807, 2.05) is 39.0 Å². The number of hydrogen-bond acceptors (Lipinski definition) is 4. The molecule has 0 spiro atoms. The minimum absolute atomic E-state index is 0.231. The van der Waals surface area contributed by atoms with Crippen LogP contribution >= 0.6 is 11.6 Å². The van der Waals surface area contributed by atoms with Crippen molar-refractivity contribution in [3.8, 4) is 5.75 Å². The van der Waals surface area contributed by atoms with Crippen molar-refractivity contribution < 1.29 is 14.3 Å². The summed E-state index contributed by atoms with van der Waals surface area (Å²) in [5.41, 5.74) is 4.60. The molecule has 0 unspecified atom stereocenters. The van der Waals surface area contributed by atoms with Crippen LogP contribution in [0.5, 0.6) is 5.75 Å². The third kappa shape index (κ3) is 4.12. The van der Waals surface area contributed by atoms with E-state index in [1.165, 1.54) is 4.90 Å². The molecule has 2 amide bonds. The Morgan fingerprint density at radius 3 is 2.19 bits per heavy atom. The number of aryl methyl sites for hydroxylation is 2. The third-order valence-corrected chi connectivity index (χ3v) is 5.65. The summed E-state index contributed by atoms with van der Waals surface area (Å²) in [4.78, 5) is 28.1. The van der Waals surface area contributed by atoms with E-state index in [0.717, 1.165) is 16.8 Å². The highest BCUT2D eigenvalue weighted by molar-refractivity contribution is 6.46. The van der Waals surface area contributed by atoms with Gasteiger partial charge >= 0.3 is 0 Å². The highest BCUT2D eigenvalue weighted by Crippen LogP contribution is 2.35. The molecule has 1 aliphatic heterocycles. The minimum atomic E-state index is -0.415. The van der Waals surface area contributed by atoms with Crippen molar-refractivity contribution >= 4 is 40.4 Å². The Kier molecular flexibility index (Phi) is 6.01. The largest absolute Gasteiger partial charge is 0.494 e. The first-order chi connectivity index (χ1) is 15.4. The maximum absolute atomic E-state index is 13.5. The van der Waals surface area contributed by atoms with Crippen LogP contribution in [0, 0.1) is 13.8 Å². The van der Waals surface area contributed by atoms with Gasteiger partial charge in [0.05, 0.1) is 17.9 Å². The second-order valence-corrected chi connectivity index (χ2v) is 7.99. The molecule has 0 atom stereocenters. The number of nitrogens with zero attached hydrogens (tertiary/aromatic N) is 1. The van der Waals surface area contributed by atoms with Crippen LogP contribution in [0.25, 0.3) is 5.57 Å². The number of nitrogens with one attached hydrogen (secondary N) is 1. The first kappa shape index (κ1) is 21.7. The molecule has 3 aromatic carbocycles. The predicted octanol–water partition coefficient (Wildman–Crippen LogP) is 5.75. The van der Waals surface area contributed by atoms with E-state index >= 15 is 0 Å². The molecule has 5 nitrogen and oxygen atoms in total. The van der Waals surface area contributed by atoms with Crippen molar-refractivity contribution in [2.45, 2.75) is 20.8 Å². The van der Waals surface area contributed by atoms with Crippen LogP contribution in [0.1, 0.15) is 23.6 Å². The molecule has 32 heavy (non-hydrogen) atoms. The van der Waals surface area contributed by atoms with Crippen LogP contribution in [-0.2, 0) is 9.59 Å². The fourth-order valence-corrected chi connectivity index (χ4v) is 3.71. The summed E-state index contributed by atoms with van der Waals surface area (Å²) in [6, 6.07) is 19.6. The molecule has 0 saturated carbocycles. The molecule has 4 rings (SSSR count). The first-order valence-electron chi connectivity index (χ1n) is 10.3. The van der Waals surface area contributed by atoms with Crippen LogP contribution in [0.3, 0.4) is 0 Å². The molecular formula is C26H23ClN2O3. The van der Waals surface area contributed by atoms with Gasteiger partial charge in [-0.1, -0.05) is 29.8 Å². The summed E-state index contributed by atoms with van der Waals surface area (Å²) in [6.07, 6.45) is 0. The van der Waals surface area contributed by atoms with Gasteiger partial charge in [-0.05, 0) is 86.0 Å². The third-order valence-electron chi connectivity index (χ3n) is 5.40. The summed E-state index contributed by atoms with van der Waals surface area (Å²) >= 11 is 6.04. The van der Waals surface area contributed by atoms with Crippen LogP contribution in [0.2, 0.25) is 5.02 Å². The van der Waals surface area contributed by atoms with Gasteiger partial charge in [-0.2, -0.15) is 0 Å². The van der Waals surface area contributed by atoms with Crippen LogP contribution in [0.15, 0.2) is 72.4 Å². The predicted molar refractivity (Wildman–Crippen MR) is 128 cm³/mol. The maximum Gasteiger partial charge on any atom is 0.282 e. The van der Waals surface area contributed by atoms with Gasteiger partial charge in [0.15, 0.2) is 0 Å². The Hall–Kier alpha value is -3.57. The normalized spacial score (nSPS) is 13.7. The Balaban J connectivity index is 1.77. The lowest BCUT2D eigenvalue weighted by atomic mass is 10.0. The number of halogens is 1. The second kappa shape index (κ2) is 8.89. The maximum atomic E-state index is 13.5. The molecule has 0 fully saturated rings. The van der Waals surface area contributed by atoms with E-state index in [9.17, 15) is 9.59 Å². The zero-order valence-corrected chi connectivity index (χ0v) is 18.9. The number of anilines is 2. The number of carbonyl (C=O) groups excluding carboxylic acids is 2. The summed E-state index contributed by atoms with van der Waals surface area (Å²) in [6.45, 7) is 6.46. The fourth-order valence-electron chi connectivity index (χ4n) is 3.59. The zero-order chi connectivity index (χ0) is 22.8. The number of rotatable bonds is 6. The highest BCUT2D eigenvalue weighted by atomic mass is 35.5. The monoisotopic (exact) mass is 446 g/mol. The quantitative estimate of drug-likeness (QED) is 0.489. The van der Waals surface area contributed by atoms with E-state index in [0.29, 0.717) is 34.2 Å². The highest BCUT2D eigenvalue weighted by Gasteiger charge is 2.40. The summed E-state index contributed by atoms with van der Waals surface area (Å²) < 4.78 is 5.48. The molecule has 1 heterocycles. The second-order valence-electron chi connectivity index (χ2n) is 7.55. The first-order valence-corrected chi connectivity index (χ1v) is 10.7. The Morgan fingerprint density at radius 2 is 1.56 bits per heavy atom. The minimum Gasteiger partial charge on any atom is -0.494 e. The van der Waals surface area contributed by atoms with Crippen LogP contribution < -0.4 is 15.0 Å². The van der Waals surface area contributed by atoms with Gasteiger partial charge in [-0.3, -0.25) is 9.59 Å². The van der Waals surface area contributed by atoms with Crippen molar-refractivity contribution in [3.63, 3.8) is 0 Å². The van der Waals surface area contributed by atoms with Crippen molar-refractivity contribution in [1.29, 1.82) is 0 Å². The lowest BCUT2D eigenvalue weighted by Crippen LogP contribution is -2.32. The number of benzene rings is 3. The van der Waals surface area contributed by atoms with Gasteiger partial charge < -0.3 is 10.1 Å². The molecule has 162 valence electrons. The Bertz CT molecular complexity index is 1210. The molecule has 0 radical (unpaired) electrons. The lowest BCUT2D eigenvalue weighted by Gasteiger charge is -2.16. The number of carbonyl (C=O) groups is 2. The van der Waals surface area contributed by atoms with E-state index in [2.05, 4.69) is 5.32 Å². The molecule has 0 saturated heterocycles. The SMILES string of the molecule is CCOc1ccc(N2C(=O)C(Nc3ccc(C)c(C)c3)=C(c3ccc(Cl)cc3)C2=O)cc1. The van der Waals surface area contributed by atoms with Crippen molar-refractivity contribution in [3.05, 3.63) is 94.1 Å². The smallest absolute Gasteiger partial charge is 0.282 e. The Labute approximate surface area is 192 Å². The topological polar surface area (TPSA) is 58.6 Å². The van der Waals surface area contributed by atoms with E-state index < -0.39 is 11.8 Å². The summed E-state index contributed by atoms with van der Waals surface area (Å²) in [5, 5.41) is 3.75. The summed E-state index contributed by atoms with van der Waals surface area (Å²) in [7, 11) is 0. The standard InChI is InChI=1S/C26H23ClN2O3/c1-4-32-22-13-11-21(12-14-22)29-25(30)23(18-6-8-19(27)9-7-18)24(26(29)31)28-20-10-5-16(2)17(3)15-20/h5-15,28H,4H2,1-3H3. The molecule has 3 aromatic rings. The molecular weight excluding hydrogens is 424 g/mol. The van der Waals surface area contributed by atoms with Gasteiger partial charge in [0.1, 0.15) is 11.4 Å². The average molecular weight is 447 g/mol. The lowest BCUT2D eigenvalue weighted by molar-refractivity contribution is -0.120. The Morgan fingerprint density at radius 1 is 0.875 bits per heavy atom.